The molecule has 2 rings (SSSR count). The van der Waals surface area contributed by atoms with E-state index in [0.29, 0.717) is 22.3 Å². The smallest absolute Gasteiger partial charge is 0.119 e. The van der Waals surface area contributed by atoms with Crippen LogP contribution in [0.25, 0.3) is 0 Å². The highest BCUT2D eigenvalue weighted by Crippen LogP contribution is 2.22. The van der Waals surface area contributed by atoms with E-state index in [9.17, 15) is 5.11 Å². The molecule has 2 aromatic rings. The summed E-state index contributed by atoms with van der Waals surface area (Å²) in [5.74, 6) is 0.678. The first-order chi connectivity index (χ1) is 10.1. The van der Waals surface area contributed by atoms with Crippen LogP contribution in [0, 0.1) is 6.92 Å². The summed E-state index contributed by atoms with van der Waals surface area (Å²) < 4.78 is 5.49. The molecule has 21 heavy (non-hydrogen) atoms. The van der Waals surface area contributed by atoms with Crippen molar-refractivity contribution >= 4 is 28.9 Å². The number of benzene rings is 2. The largest absolute Gasteiger partial charge is 0.491 e. The van der Waals surface area contributed by atoms with Crippen LogP contribution >= 0.6 is 23.2 Å². The molecule has 0 heterocycles. The fourth-order valence-electron chi connectivity index (χ4n) is 1.81. The van der Waals surface area contributed by atoms with Crippen molar-refractivity contribution in [1.82, 2.24) is 0 Å². The van der Waals surface area contributed by atoms with Gasteiger partial charge in [-0.15, -0.1) is 0 Å². The topological polar surface area (TPSA) is 41.5 Å². The zero-order chi connectivity index (χ0) is 15.2. The summed E-state index contributed by atoms with van der Waals surface area (Å²) in [5, 5.41) is 14.5. The Kier molecular flexibility index (Phi) is 5.74. The van der Waals surface area contributed by atoms with Crippen LogP contribution < -0.4 is 10.1 Å². The van der Waals surface area contributed by atoms with Gasteiger partial charge in [-0.3, -0.25) is 0 Å². The second-order valence-corrected chi connectivity index (χ2v) is 5.56. The predicted molar refractivity (Wildman–Crippen MR) is 87.6 cm³/mol. The summed E-state index contributed by atoms with van der Waals surface area (Å²) in [6.45, 7) is 2.52. The molecule has 2 N–H and O–H groups in total. The van der Waals surface area contributed by atoms with Crippen molar-refractivity contribution in [3.8, 4) is 5.75 Å². The van der Waals surface area contributed by atoms with Gasteiger partial charge < -0.3 is 15.2 Å². The number of anilines is 1. The first kappa shape index (κ1) is 16.0. The number of rotatable bonds is 6. The van der Waals surface area contributed by atoms with Crippen molar-refractivity contribution in [1.29, 1.82) is 0 Å². The fourth-order valence-corrected chi connectivity index (χ4v) is 2.11. The quantitative estimate of drug-likeness (QED) is 0.838. The van der Waals surface area contributed by atoms with E-state index in [4.69, 9.17) is 27.9 Å². The molecule has 0 aromatic heterocycles. The van der Waals surface area contributed by atoms with E-state index in [2.05, 4.69) is 5.32 Å². The van der Waals surface area contributed by atoms with E-state index in [1.807, 2.05) is 25.1 Å². The highest BCUT2D eigenvalue weighted by molar-refractivity contribution is 6.31. The van der Waals surface area contributed by atoms with Crippen LogP contribution in [0.15, 0.2) is 42.5 Å². The summed E-state index contributed by atoms with van der Waals surface area (Å²) in [5.41, 5.74) is 1.87. The number of nitrogens with one attached hydrogen (secondary N) is 1. The normalized spacial score (nSPS) is 12.0. The van der Waals surface area contributed by atoms with E-state index in [0.717, 1.165) is 11.3 Å². The SMILES string of the molecule is Cc1c(Cl)cccc1NCC(O)COc1ccc(Cl)cc1. The van der Waals surface area contributed by atoms with E-state index in [1.165, 1.54) is 0 Å². The second kappa shape index (κ2) is 7.55. The van der Waals surface area contributed by atoms with E-state index >= 15 is 0 Å². The lowest BCUT2D eigenvalue weighted by atomic mass is 10.2. The molecular formula is C16H17Cl2NO2. The molecule has 0 radical (unpaired) electrons. The predicted octanol–water partition coefficient (Wildman–Crippen LogP) is 4.15. The van der Waals surface area contributed by atoms with Gasteiger partial charge in [0.25, 0.3) is 0 Å². The molecule has 0 saturated carbocycles. The molecule has 0 saturated heterocycles. The summed E-state index contributed by atoms with van der Waals surface area (Å²) in [7, 11) is 0. The van der Waals surface area contributed by atoms with Crippen LogP contribution in [0.3, 0.4) is 0 Å². The van der Waals surface area contributed by atoms with Crippen LogP contribution in [0.4, 0.5) is 5.69 Å². The van der Waals surface area contributed by atoms with E-state index in [-0.39, 0.29) is 6.61 Å². The maximum Gasteiger partial charge on any atom is 0.119 e. The zero-order valence-corrected chi connectivity index (χ0v) is 13.2. The molecule has 0 aliphatic rings. The first-order valence-corrected chi connectivity index (χ1v) is 7.37. The minimum atomic E-state index is -0.626. The molecule has 0 spiro atoms. The Morgan fingerprint density at radius 2 is 1.86 bits per heavy atom. The highest BCUT2D eigenvalue weighted by Gasteiger charge is 2.07. The van der Waals surface area contributed by atoms with E-state index in [1.54, 1.807) is 24.3 Å². The van der Waals surface area contributed by atoms with Crippen LogP contribution in [-0.4, -0.2) is 24.4 Å². The van der Waals surface area contributed by atoms with Crippen molar-refractivity contribution in [3.05, 3.63) is 58.1 Å². The number of halogens is 2. The van der Waals surface area contributed by atoms with Gasteiger partial charge in [0.15, 0.2) is 0 Å². The van der Waals surface area contributed by atoms with Gasteiger partial charge in [-0.1, -0.05) is 29.3 Å². The van der Waals surface area contributed by atoms with Crippen LogP contribution in [-0.2, 0) is 0 Å². The van der Waals surface area contributed by atoms with Gasteiger partial charge in [0.2, 0.25) is 0 Å². The Labute approximate surface area is 134 Å². The lowest BCUT2D eigenvalue weighted by Gasteiger charge is -2.15. The van der Waals surface area contributed by atoms with Crippen molar-refractivity contribution in [3.63, 3.8) is 0 Å². The second-order valence-electron chi connectivity index (χ2n) is 4.71. The number of hydrogen-bond acceptors (Lipinski definition) is 3. The minimum Gasteiger partial charge on any atom is -0.491 e. The molecule has 0 fully saturated rings. The molecule has 112 valence electrons. The van der Waals surface area contributed by atoms with Crippen LogP contribution in [0.5, 0.6) is 5.75 Å². The summed E-state index contributed by atoms with van der Waals surface area (Å²) in [4.78, 5) is 0. The van der Waals surface area contributed by atoms with Crippen LogP contribution in [0.2, 0.25) is 10.0 Å². The Bertz CT molecular complexity index is 587. The fraction of sp³-hybridized carbons (Fsp3) is 0.250. The van der Waals surface area contributed by atoms with Gasteiger partial charge in [-0.2, -0.15) is 0 Å². The number of aliphatic hydroxyl groups excluding tert-OH is 1. The van der Waals surface area contributed by atoms with Gasteiger partial charge in [-0.05, 0) is 48.9 Å². The molecular weight excluding hydrogens is 309 g/mol. The summed E-state index contributed by atoms with van der Waals surface area (Å²) in [6.07, 6.45) is -0.626. The maximum absolute atomic E-state index is 9.94. The Morgan fingerprint density at radius 3 is 2.57 bits per heavy atom. The first-order valence-electron chi connectivity index (χ1n) is 6.61. The third-order valence-corrected chi connectivity index (χ3v) is 3.71. The standard InChI is InChI=1S/C16H17Cl2NO2/c1-11-15(18)3-2-4-16(11)19-9-13(20)10-21-14-7-5-12(17)6-8-14/h2-8,13,19-20H,9-10H2,1H3. The molecule has 0 bridgehead atoms. The Morgan fingerprint density at radius 1 is 1.14 bits per heavy atom. The Hall–Kier alpha value is -1.42. The van der Waals surface area contributed by atoms with Gasteiger partial charge in [-0.25, -0.2) is 0 Å². The number of ether oxygens (including phenoxy) is 1. The van der Waals surface area contributed by atoms with Crippen molar-refractivity contribution in [2.75, 3.05) is 18.5 Å². The third-order valence-electron chi connectivity index (χ3n) is 3.05. The van der Waals surface area contributed by atoms with Gasteiger partial charge in [0.1, 0.15) is 18.5 Å². The van der Waals surface area contributed by atoms with Gasteiger partial charge in [0, 0.05) is 22.3 Å². The number of aliphatic hydroxyl groups is 1. The molecule has 3 nitrogen and oxygen atoms in total. The lowest BCUT2D eigenvalue weighted by molar-refractivity contribution is 0.117. The van der Waals surface area contributed by atoms with E-state index < -0.39 is 6.10 Å². The van der Waals surface area contributed by atoms with Crippen LogP contribution in [0.1, 0.15) is 5.56 Å². The van der Waals surface area contributed by atoms with Gasteiger partial charge >= 0.3 is 0 Å². The summed E-state index contributed by atoms with van der Waals surface area (Å²) >= 11 is 11.8. The molecule has 0 amide bonds. The lowest BCUT2D eigenvalue weighted by Crippen LogP contribution is -2.26. The van der Waals surface area contributed by atoms with Crippen molar-refractivity contribution in [2.45, 2.75) is 13.0 Å². The molecule has 1 unspecified atom stereocenters. The summed E-state index contributed by atoms with van der Waals surface area (Å²) in [6, 6.07) is 12.7. The third kappa shape index (κ3) is 4.81. The molecule has 1 atom stereocenters. The molecule has 5 heteroatoms. The Balaban J connectivity index is 1.80. The molecule has 0 aliphatic heterocycles. The molecule has 2 aromatic carbocycles. The monoisotopic (exact) mass is 325 g/mol. The minimum absolute atomic E-state index is 0.203. The zero-order valence-electron chi connectivity index (χ0n) is 11.6. The van der Waals surface area contributed by atoms with Gasteiger partial charge in [0.05, 0.1) is 0 Å². The van der Waals surface area contributed by atoms with Crippen molar-refractivity contribution < 1.29 is 9.84 Å². The number of hydrogen-bond donors (Lipinski definition) is 2. The average molecular weight is 326 g/mol. The molecule has 0 aliphatic carbocycles. The van der Waals surface area contributed by atoms with Crippen molar-refractivity contribution in [2.24, 2.45) is 0 Å². The highest BCUT2D eigenvalue weighted by atomic mass is 35.5. The average Bonchev–Trinajstić information content (AvgIpc) is 2.48. The maximum atomic E-state index is 9.94.